The van der Waals surface area contributed by atoms with E-state index in [0.717, 1.165) is 16.7 Å². The third-order valence-electron chi connectivity index (χ3n) is 4.77. The number of hydrogen-bond acceptors (Lipinski definition) is 7. The van der Waals surface area contributed by atoms with E-state index < -0.39 is 6.09 Å². The summed E-state index contributed by atoms with van der Waals surface area (Å²) in [6, 6.07) is 13.6. The van der Waals surface area contributed by atoms with Crippen molar-refractivity contribution in [1.82, 2.24) is 35.5 Å². The molecule has 0 unspecified atom stereocenters. The molecule has 2 aromatic carbocycles. The molecule has 2 heterocycles. The van der Waals surface area contributed by atoms with Crippen LogP contribution in [-0.2, 0) is 6.54 Å². The van der Waals surface area contributed by atoms with Crippen molar-refractivity contribution in [2.45, 2.75) is 33.2 Å². The van der Waals surface area contributed by atoms with Crippen molar-refractivity contribution in [2.24, 2.45) is 0 Å². The van der Waals surface area contributed by atoms with E-state index in [0.29, 0.717) is 23.0 Å². The zero-order chi connectivity index (χ0) is 22.5. The summed E-state index contributed by atoms with van der Waals surface area (Å²) in [7, 11) is 0. The first-order valence-electron chi connectivity index (χ1n) is 10.2. The highest BCUT2D eigenvalue weighted by Gasteiger charge is 2.15. The maximum atomic E-state index is 12.4. The summed E-state index contributed by atoms with van der Waals surface area (Å²) < 4.78 is 7.24. The maximum absolute atomic E-state index is 12.4. The normalized spacial score (nSPS) is 10.9. The average molecular weight is 429 g/mol. The molecule has 9 heteroatoms. The Labute approximate surface area is 185 Å². The topological polar surface area (TPSA) is 108 Å². The molecule has 1 amide bonds. The van der Waals surface area contributed by atoms with Gasteiger partial charge >= 0.3 is 6.09 Å². The molecule has 4 rings (SSSR count). The minimum atomic E-state index is -0.594. The van der Waals surface area contributed by atoms with Crippen LogP contribution in [0.25, 0.3) is 16.8 Å². The molecule has 0 saturated carbocycles. The molecule has 0 fully saturated rings. The van der Waals surface area contributed by atoms with E-state index in [1.807, 2.05) is 57.2 Å². The van der Waals surface area contributed by atoms with Gasteiger partial charge in [0, 0.05) is 24.4 Å². The Bertz CT molecular complexity index is 1200. The van der Waals surface area contributed by atoms with E-state index in [9.17, 15) is 4.79 Å². The monoisotopic (exact) mass is 429 g/mol. The van der Waals surface area contributed by atoms with Gasteiger partial charge in [0.2, 0.25) is 0 Å². The first-order chi connectivity index (χ1) is 15.5. The second-order valence-electron chi connectivity index (χ2n) is 7.63. The molecule has 0 bridgehead atoms. The Morgan fingerprint density at radius 1 is 1.09 bits per heavy atom. The highest BCUT2D eigenvalue weighted by atomic mass is 16.6. The molecule has 4 aromatic rings. The third kappa shape index (κ3) is 4.94. The summed E-state index contributed by atoms with van der Waals surface area (Å²) >= 11 is 0. The van der Waals surface area contributed by atoms with Gasteiger partial charge in [-0.1, -0.05) is 43.7 Å². The summed E-state index contributed by atoms with van der Waals surface area (Å²) in [6.07, 6.45) is 4.13. The Morgan fingerprint density at radius 3 is 2.62 bits per heavy atom. The smallest absolute Gasteiger partial charge is 0.410 e. The minimum absolute atomic E-state index is 0.118. The summed E-state index contributed by atoms with van der Waals surface area (Å²) in [4.78, 5) is 20.5. The quantitative estimate of drug-likeness (QED) is 0.496. The van der Waals surface area contributed by atoms with Crippen molar-refractivity contribution in [3.63, 3.8) is 0 Å². The third-order valence-corrected chi connectivity index (χ3v) is 4.77. The fraction of sp³-hybridized carbons (Fsp3) is 0.217. The first-order valence-corrected chi connectivity index (χ1v) is 10.2. The number of amides is 1. The van der Waals surface area contributed by atoms with Crippen LogP contribution in [0.1, 0.15) is 36.8 Å². The van der Waals surface area contributed by atoms with Gasteiger partial charge in [-0.2, -0.15) is 4.68 Å². The molecule has 9 nitrogen and oxygen atoms in total. The van der Waals surface area contributed by atoms with Crippen LogP contribution < -0.4 is 10.1 Å². The Kier molecular flexibility index (Phi) is 6.16. The predicted molar refractivity (Wildman–Crippen MR) is 118 cm³/mol. The lowest BCUT2D eigenvalue weighted by atomic mass is 10.0. The summed E-state index contributed by atoms with van der Waals surface area (Å²) in [5.74, 6) is 1.21. The van der Waals surface area contributed by atoms with E-state index in [4.69, 9.17) is 4.74 Å². The SMILES string of the molecule is Cc1ccc(-c2cc(OC(=O)NCc3cnccn3)cc(-n3nnnc3C(C)C)c2)cc1. The van der Waals surface area contributed by atoms with Gasteiger partial charge in [0.25, 0.3) is 0 Å². The van der Waals surface area contributed by atoms with Gasteiger partial charge in [-0.05, 0) is 40.6 Å². The van der Waals surface area contributed by atoms with Gasteiger partial charge in [0.15, 0.2) is 5.82 Å². The van der Waals surface area contributed by atoms with Crippen LogP contribution in [0.2, 0.25) is 0 Å². The molecule has 0 aliphatic rings. The molecule has 2 aromatic heterocycles. The van der Waals surface area contributed by atoms with Gasteiger partial charge in [0.05, 0.1) is 24.1 Å². The number of tetrazole rings is 1. The molecule has 162 valence electrons. The van der Waals surface area contributed by atoms with E-state index in [2.05, 4.69) is 30.8 Å². The van der Waals surface area contributed by atoms with Crippen LogP contribution in [0.5, 0.6) is 5.75 Å². The lowest BCUT2D eigenvalue weighted by Gasteiger charge is -2.13. The van der Waals surface area contributed by atoms with Crippen molar-refractivity contribution in [3.05, 3.63) is 78.1 Å². The van der Waals surface area contributed by atoms with Crippen molar-refractivity contribution < 1.29 is 9.53 Å². The molecule has 1 N–H and O–H groups in total. The number of aromatic nitrogens is 6. The van der Waals surface area contributed by atoms with Gasteiger partial charge in [-0.3, -0.25) is 9.97 Å². The molecule has 0 spiro atoms. The number of nitrogens with one attached hydrogen (secondary N) is 1. The summed E-state index contributed by atoms with van der Waals surface area (Å²) in [6.45, 7) is 6.28. The second kappa shape index (κ2) is 9.34. The van der Waals surface area contributed by atoms with E-state index in [1.54, 1.807) is 29.3 Å². The second-order valence-corrected chi connectivity index (χ2v) is 7.63. The van der Waals surface area contributed by atoms with E-state index >= 15 is 0 Å². The van der Waals surface area contributed by atoms with Gasteiger partial charge < -0.3 is 10.1 Å². The van der Waals surface area contributed by atoms with Crippen molar-refractivity contribution in [3.8, 4) is 22.6 Å². The molecule has 0 saturated heterocycles. The van der Waals surface area contributed by atoms with Crippen LogP contribution in [0.3, 0.4) is 0 Å². The predicted octanol–water partition coefficient (Wildman–Crippen LogP) is 3.84. The van der Waals surface area contributed by atoms with E-state index in [-0.39, 0.29) is 12.5 Å². The Hall–Kier alpha value is -4.14. The number of ether oxygens (including phenoxy) is 1. The number of carbonyl (C=O) groups excluding carboxylic acids is 1. The standard InChI is InChI=1S/C23H23N7O2/c1-15(2)22-27-28-29-30(22)20-10-18(17-6-4-16(3)5-7-17)11-21(12-20)32-23(31)26-14-19-13-24-8-9-25-19/h4-13,15H,14H2,1-3H3,(H,26,31). The summed E-state index contributed by atoms with van der Waals surface area (Å²) in [5, 5.41) is 14.8. The number of carbonyl (C=O) groups is 1. The molecule has 0 aliphatic heterocycles. The number of benzene rings is 2. The molecule has 32 heavy (non-hydrogen) atoms. The highest BCUT2D eigenvalue weighted by molar-refractivity contribution is 5.73. The minimum Gasteiger partial charge on any atom is -0.410 e. The fourth-order valence-corrected chi connectivity index (χ4v) is 3.14. The lowest BCUT2D eigenvalue weighted by molar-refractivity contribution is 0.200. The lowest BCUT2D eigenvalue weighted by Crippen LogP contribution is -2.26. The zero-order valence-corrected chi connectivity index (χ0v) is 18.1. The van der Waals surface area contributed by atoms with Gasteiger partial charge in [-0.15, -0.1) is 5.10 Å². The van der Waals surface area contributed by atoms with Crippen LogP contribution >= 0.6 is 0 Å². The molecular formula is C23H23N7O2. The Morgan fingerprint density at radius 2 is 1.91 bits per heavy atom. The van der Waals surface area contributed by atoms with Gasteiger partial charge in [0.1, 0.15) is 5.75 Å². The number of nitrogens with zero attached hydrogens (tertiary/aromatic N) is 6. The largest absolute Gasteiger partial charge is 0.412 e. The Balaban J connectivity index is 1.64. The molecule has 0 aliphatic carbocycles. The van der Waals surface area contributed by atoms with Crippen LogP contribution in [0, 0.1) is 6.92 Å². The zero-order valence-electron chi connectivity index (χ0n) is 18.1. The van der Waals surface area contributed by atoms with Crippen molar-refractivity contribution in [1.29, 1.82) is 0 Å². The van der Waals surface area contributed by atoms with Crippen LogP contribution in [-0.4, -0.2) is 36.3 Å². The number of aryl methyl sites for hydroxylation is 1. The summed E-state index contributed by atoms with van der Waals surface area (Å²) in [5.41, 5.74) is 4.36. The fourth-order valence-electron chi connectivity index (χ4n) is 3.14. The molecular weight excluding hydrogens is 406 g/mol. The molecule has 0 radical (unpaired) electrons. The van der Waals surface area contributed by atoms with E-state index in [1.165, 1.54) is 0 Å². The average Bonchev–Trinajstić information content (AvgIpc) is 3.29. The van der Waals surface area contributed by atoms with Crippen LogP contribution in [0.15, 0.2) is 61.1 Å². The van der Waals surface area contributed by atoms with Crippen molar-refractivity contribution in [2.75, 3.05) is 0 Å². The maximum Gasteiger partial charge on any atom is 0.412 e. The van der Waals surface area contributed by atoms with Gasteiger partial charge in [-0.25, -0.2) is 4.79 Å². The first kappa shape index (κ1) is 21.1. The molecule has 0 atom stereocenters. The number of rotatable bonds is 6. The number of hydrogen-bond donors (Lipinski definition) is 1. The highest BCUT2D eigenvalue weighted by Crippen LogP contribution is 2.29. The van der Waals surface area contributed by atoms with Crippen molar-refractivity contribution >= 4 is 6.09 Å². The van der Waals surface area contributed by atoms with Crippen LogP contribution in [0.4, 0.5) is 4.79 Å².